The number of hydrogen-bond donors (Lipinski definition) is 2. The van der Waals surface area contributed by atoms with Crippen LogP contribution in [0.2, 0.25) is 0 Å². The smallest absolute Gasteiger partial charge is 0.235 e. The number of nitrogens with one attached hydrogen (secondary N) is 2. The Balaban J connectivity index is 3.71. The van der Waals surface area contributed by atoms with Gasteiger partial charge in [-0.3, -0.25) is 9.59 Å². The molecule has 132 valence electrons. The minimum Gasteiger partial charge on any atom is -0.355 e. The zero-order valence-electron chi connectivity index (χ0n) is 12.8. The first kappa shape index (κ1) is 21.3. The summed E-state index contributed by atoms with van der Waals surface area (Å²) in [6.07, 6.45) is 1.91. The highest BCUT2D eigenvalue weighted by Crippen LogP contribution is 1.95. The van der Waals surface area contributed by atoms with Gasteiger partial charge < -0.3 is 10.6 Å². The van der Waals surface area contributed by atoms with Crippen LogP contribution in [0.4, 0.5) is 0 Å². The number of hydrogen-bond acceptors (Lipinski definition) is 6. The lowest BCUT2D eigenvalue weighted by molar-refractivity contribution is -0.119. The molecular formula is C13H22N2O6S2. The van der Waals surface area contributed by atoms with Gasteiger partial charge in [0.2, 0.25) is 11.8 Å². The summed E-state index contributed by atoms with van der Waals surface area (Å²) in [7, 11) is -7.10. The van der Waals surface area contributed by atoms with E-state index in [1.807, 2.05) is 0 Å². The van der Waals surface area contributed by atoms with Gasteiger partial charge in [-0.05, 0) is 19.3 Å². The monoisotopic (exact) mass is 366 g/mol. The fourth-order valence-electron chi connectivity index (χ4n) is 1.47. The summed E-state index contributed by atoms with van der Waals surface area (Å²) in [5.74, 6) is -2.42. The Hall–Kier alpha value is -1.68. The summed E-state index contributed by atoms with van der Waals surface area (Å²) in [6.45, 7) is 6.87. The zero-order valence-corrected chi connectivity index (χ0v) is 14.4. The van der Waals surface area contributed by atoms with Crippen molar-refractivity contribution < 1.29 is 26.4 Å². The summed E-state index contributed by atoms with van der Waals surface area (Å²) in [6, 6.07) is 0. The van der Waals surface area contributed by atoms with Gasteiger partial charge in [0, 0.05) is 23.9 Å². The molecule has 0 heterocycles. The SMILES string of the molecule is C=CS(=O)(=O)CC(=O)NCCCCCNC(=O)CS(=O)(=O)C=C. The van der Waals surface area contributed by atoms with E-state index in [1.165, 1.54) is 0 Å². The average molecular weight is 366 g/mol. The molecule has 0 aliphatic rings. The van der Waals surface area contributed by atoms with Gasteiger partial charge in [-0.15, -0.1) is 0 Å². The van der Waals surface area contributed by atoms with E-state index < -0.39 is 43.0 Å². The van der Waals surface area contributed by atoms with Gasteiger partial charge in [-0.1, -0.05) is 13.2 Å². The molecule has 0 saturated carbocycles. The van der Waals surface area contributed by atoms with E-state index in [0.29, 0.717) is 32.4 Å². The van der Waals surface area contributed by atoms with E-state index in [9.17, 15) is 26.4 Å². The molecule has 0 aliphatic heterocycles. The van der Waals surface area contributed by atoms with Crippen molar-refractivity contribution in [1.29, 1.82) is 0 Å². The van der Waals surface area contributed by atoms with Gasteiger partial charge in [0.1, 0.15) is 11.5 Å². The topological polar surface area (TPSA) is 126 Å². The fourth-order valence-corrected chi connectivity index (χ4v) is 2.64. The molecule has 0 aromatic heterocycles. The van der Waals surface area contributed by atoms with Crippen molar-refractivity contribution >= 4 is 31.5 Å². The molecule has 2 amide bonds. The van der Waals surface area contributed by atoms with Crippen molar-refractivity contribution in [2.45, 2.75) is 19.3 Å². The molecule has 2 N–H and O–H groups in total. The van der Waals surface area contributed by atoms with E-state index in [4.69, 9.17) is 0 Å². The summed E-state index contributed by atoms with van der Waals surface area (Å²) in [4.78, 5) is 22.6. The van der Waals surface area contributed by atoms with Crippen LogP contribution in [0.5, 0.6) is 0 Å². The van der Waals surface area contributed by atoms with Crippen molar-refractivity contribution in [2.75, 3.05) is 24.6 Å². The number of unbranched alkanes of at least 4 members (excludes halogenated alkanes) is 2. The Labute approximate surface area is 136 Å². The van der Waals surface area contributed by atoms with E-state index in [-0.39, 0.29) is 0 Å². The van der Waals surface area contributed by atoms with Crippen LogP contribution in [0.3, 0.4) is 0 Å². The fraction of sp³-hybridized carbons (Fsp3) is 0.538. The van der Waals surface area contributed by atoms with Crippen LogP contribution in [0.15, 0.2) is 24.0 Å². The number of carbonyl (C=O) groups is 2. The third kappa shape index (κ3) is 11.5. The Morgan fingerprint density at radius 3 is 1.39 bits per heavy atom. The lowest BCUT2D eigenvalue weighted by atomic mass is 10.2. The van der Waals surface area contributed by atoms with Crippen molar-refractivity contribution in [3.63, 3.8) is 0 Å². The molecule has 8 nitrogen and oxygen atoms in total. The quantitative estimate of drug-likeness (QED) is 0.449. The molecule has 0 rings (SSSR count). The lowest BCUT2D eigenvalue weighted by Crippen LogP contribution is -2.31. The average Bonchev–Trinajstić information content (AvgIpc) is 2.45. The predicted molar refractivity (Wildman–Crippen MR) is 87.8 cm³/mol. The minimum absolute atomic E-state index is 0.324. The molecule has 23 heavy (non-hydrogen) atoms. The van der Waals surface area contributed by atoms with Crippen LogP contribution in [0.1, 0.15) is 19.3 Å². The highest BCUT2D eigenvalue weighted by Gasteiger charge is 2.12. The van der Waals surface area contributed by atoms with Crippen LogP contribution in [0, 0.1) is 0 Å². The van der Waals surface area contributed by atoms with Gasteiger partial charge in [-0.2, -0.15) is 0 Å². The Morgan fingerprint density at radius 2 is 1.09 bits per heavy atom. The number of rotatable bonds is 12. The second kappa shape index (κ2) is 10.2. The summed E-state index contributed by atoms with van der Waals surface area (Å²) < 4.78 is 44.4. The molecule has 0 radical (unpaired) electrons. The van der Waals surface area contributed by atoms with E-state index in [1.54, 1.807) is 0 Å². The number of carbonyl (C=O) groups excluding carboxylic acids is 2. The van der Waals surface area contributed by atoms with Crippen molar-refractivity contribution in [3.05, 3.63) is 24.0 Å². The van der Waals surface area contributed by atoms with Gasteiger partial charge in [0.05, 0.1) is 0 Å². The Kier molecular flexibility index (Phi) is 9.42. The Morgan fingerprint density at radius 1 is 0.739 bits per heavy atom. The van der Waals surface area contributed by atoms with Crippen molar-refractivity contribution in [2.24, 2.45) is 0 Å². The van der Waals surface area contributed by atoms with E-state index in [0.717, 1.165) is 10.8 Å². The maximum absolute atomic E-state index is 11.3. The molecule has 0 aromatic rings. The normalized spacial score (nSPS) is 11.5. The van der Waals surface area contributed by atoms with Crippen LogP contribution in [0.25, 0.3) is 0 Å². The Bertz CT molecular complexity index is 581. The van der Waals surface area contributed by atoms with Gasteiger partial charge in [0.25, 0.3) is 0 Å². The van der Waals surface area contributed by atoms with Crippen molar-refractivity contribution in [3.8, 4) is 0 Å². The molecule has 0 bridgehead atoms. The molecule has 0 atom stereocenters. The second-order valence-electron chi connectivity index (χ2n) is 4.71. The van der Waals surface area contributed by atoms with E-state index in [2.05, 4.69) is 23.8 Å². The lowest BCUT2D eigenvalue weighted by Gasteiger charge is -2.06. The zero-order chi connectivity index (χ0) is 17.9. The third-order valence-corrected chi connectivity index (χ3v) is 5.02. The molecule has 0 spiro atoms. The standard InChI is InChI=1S/C13H22N2O6S2/c1-3-22(18,19)10-12(16)14-8-6-5-7-9-15-13(17)11-23(20,21)4-2/h3-4H,1-2,5-11H2,(H,14,16)(H,15,17). The highest BCUT2D eigenvalue weighted by molar-refractivity contribution is 7.95. The first-order valence-corrected chi connectivity index (χ1v) is 10.3. The van der Waals surface area contributed by atoms with E-state index >= 15 is 0 Å². The van der Waals surface area contributed by atoms with Crippen LogP contribution in [-0.4, -0.2) is 53.2 Å². The summed E-state index contributed by atoms with van der Waals surface area (Å²) >= 11 is 0. The maximum Gasteiger partial charge on any atom is 0.235 e. The molecule has 0 aliphatic carbocycles. The first-order chi connectivity index (χ1) is 10.6. The molecule has 0 saturated heterocycles. The third-order valence-electron chi connectivity index (χ3n) is 2.67. The number of sulfone groups is 2. The maximum atomic E-state index is 11.3. The highest BCUT2D eigenvalue weighted by atomic mass is 32.2. The molecule has 0 unspecified atom stereocenters. The number of amides is 2. The van der Waals surface area contributed by atoms with Gasteiger partial charge in [-0.25, -0.2) is 16.8 Å². The predicted octanol–water partition coefficient (Wildman–Crippen LogP) is -0.494. The van der Waals surface area contributed by atoms with Crippen molar-refractivity contribution in [1.82, 2.24) is 10.6 Å². The van der Waals surface area contributed by atoms with Crippen LogP contribution >= 0.6 is 0 Å². The van der Waals surface area contributed by atoms with Gasteiger partial charge in [0.15, 0.2) is 19.7 Å². The summed E-state index contributed by atoms with van der Waals surface area (Å²) in [5, 5.41) is 6.41. The van der Waals surface area contributed by atoms with Crippen LogP contribution in [-0.2, 0) is 29.3 Å². The summed E-state index contributed by atoms with van der Waals surface area (Å²) in [5.41, 5.74) is 0. The minimum atomic E-state index is -3.55. The second-order valence-corrected chi connectivity index (χ2v) is 8.60. The molecule has 0 fully saturated rings. The first-order valence-electron chi connectivity index (χ1n) is 6.85. The molecule has 10 heteroatoms. The van der Waals surface area contributed by atoms with Crippen LogP contribution < -0.4 is 10.6 Å². The molecular weight excluding hydrogens is 344 g/mol. The molecule has 0 aromatic carbocycles. The largest absolute Gasteiger partial charge is 0.355 e. The van der Waals surface area contributed by atoms with Gasteiger partial charge >= 0.3 is 0 Å².